The molecule has 10 N–H and O–H groups in total. The van der Waals surface area contributed by atoms with E-state index in [1.807, 2.05) is 0 Å². The van der Waals surface area contributed by atoms with Crippen molar-refractivity contribution in [1.82, 2.24) is 39.0 Å². The van der Waals surface area contributed by atoms with Crippen molar-refractivity contribution in [2.75, 3.05) is 24.7 Å². The van der Waals surface area contributed by atoms with Crippen LogP contribution in [-0.4, -0.2) is 96.5 Å². The summed E-state index contributed by atoms with van der Waals surface area (Å²) in [6.45, 7) is -1.40. The Labute approximate surface area is 248 Å². The van der Waals surface area contributed by atoms with Gasteiger partial charge in [0.15, 0.2) is 22.3 Å². The van der Waals surface area contributed by atoms with Crippen molar-refractivity contribution in [1.29, 1.82) is 0 Å². The van der Waals surface area contributed by atoms with Crippen molar-refractivity contribution in [3.63, 3.8) is 0 Å². The Bertz CT molecular complexity index is 1950. The third-order valence-corrected chi connectivity index (χ3v) is 8.48. The first kappa shape index (κ1) is 31.4. The van der Waals surface area contributed by atoms with Crippen LogP contribution in [0.15, 0.2) is 22.2 Å². The zero-order chi connectivity index (χ0) is 32.3. The molecule has 4 aromatic rings. The smallest absolute Gasteiger partial charge is 0.390 e. The van der Waals surface area contributed by atoms with Crippen LogP contribution in [-0.2, 0) is 32.2 Å². The molecule has 6 rings (SSSR count). The molecule has 7 atom stereocenters. The number of anilines is 2. The van der Waals surface area contributed by atoms with Crippen molar-refractivity contribution in [2.24, 2.45) is 0 Å². The van der Waals surface area contributed by atoms with Crippen LogP contribution in [0.25, 0.3) is 22.3 Å². The predicted molar refractivity (Wildman–Crippen MR) is 147 cm³/mol. The van der Waals surface area contributed by atoms with Crippen LogP contribution in [0.1, 0.15) is 25.3 Å². The van der Waals surface area contributed by atoms with Crippen molar-refractivity contribution in [2.45, 2.75) is 49.7 Å². The summed E-state index contributed by atoms with van der Waals surface area (Å²) in [5.41, 5.74) is 10.0. The Morgan fingerprint density at radius 3 is 1.93 bits per heavy atom. The van der Waals surface area contributed by atoms with Crippen LogP contribution in [0.4, 0.5) is 11.9 Å². The Morgan fingerprint density at radius 2 is 1.38 bits per heavy atom. The van der Waals surface area contributed by atoms with E-state index in [2.05, 4.69) is 34.4 Å². The number of rotatable bonds is 10. The van der Waals surface area contributed by atoms with E-state index in [0.717, 1.165) is 0 Å². The Hall–Kier alpha value is -3.60. The molecule has 2 aliphatic heterocycles. The second kappa shape index (κ2) is 11.6. The second-order valence-electron chi connectivity index (χ2n) is 10.0. The average molecular weight is 676 g/mol. The molecule has 0 aliphatic carbocycles. The maximum Gasteiger partial charge on any atom is 0.472 e. The Kier molecular flexibility index (Phi) is 8.12. The first-order valence-electron chi connectivity index (χ1n) is 13.0. The van der Waals surface area contributed by atoms with Crippen molar-refractivity contribution >= 4 is 49.9 Å². The van der Waals surface area contributed by atoms with E-state index in [0.29, 0.717) is 0 Å². The number of ether oxygens (including phenoxy) is 2. The maximum atomic E-state index is 13.0. The number of nitrogens with one attached hydrogen (secondary N) is 2. The van der Waals surface area contributed by atoms with Gasteiger partial charge < -0.3 is 40.7 Å². The van der Waals surface area contributed by atoms with Crippen LogP contribution >= 0.6 is 15.6 Å². The zero-order valence-electron chi connectivity index (χ0n) is 22.6. The van der Waals surface area contributed by atoms with E-state index in [9.17, 15) is 38.5 Å². The van der Waals surface area contributed by atoms with Gasteiger partial charge in [-0.25, -0.2) is 19.1 Å². The summed E-state index contributed by atoms with van der Waals surface area (Å²) in [5.74, 6) is -0.382. The minimum atomic E-state index is -4.98. The molecular weight excluding hydrogens is 650 g/mol. The molecule has 2 saturated heterocycles. The SMILES string of the molecule is Nc1nc2c(ncn2[C@H]2C[C@H](OP(=O)(O)OC[C@H]3O[C@@H](n4cnc5c(=O)[nH]c(N)nc54)C[C@@H]3O)[C@@H](COP(=O)(O)O)O2)c(=O)[nH]1. The Balaban J connectivity index is 1.14. The van der Waals surface area contributed by atoms with E-state index < -0.39 is 76.8 Å². The van der Waals surface area contributed by atoms with Gasteiger partial charge in [0.05, 0.1) is 32.0 Å². The number of phosphoric acid groups is 2. The zero-order valence-corrected chi connectivity index (χ0v) is 24.4. The number of phosphoric ester groups is 2. The number of aliphatic hydroxyl groups is 1. The molecule has 25 heteroatoms. The van der Waals surface area contributed by atoms with E-state index in [1.54, 1.807) is 0 Å². The van der Waals surface area contributed by atoms with Gasteiger partial charge in [-0.05, 0) is 0 Å². The summed E-state index contributed by atoms with van der Waals surface area (Å²) in [6.07, 6.45) is -4.69. The molecule has 0 spiro atoms. The normalized spacial score (nSPS) is 27.0. The quantitative estimate of drug-likeness (QED) is 0.0839. The number of hydrogen-bond acceptors (Lipinski definition) is 16. The molecule has 0 amide bonds. The molecule has 0 radical (unpaired) electrons. The highest BCUT2D eigenvalue weighted by molar-refractivity contribution is 7.47. The molecule has 4 aromatic heterocycles. The first-order valence-corrected chi connectivity index (χ1v) is 16.0. The maximum absolute atomic E-state index is 13.0. The fourth-order valence-corrected chi connectivity index (χ4v) is 6.32. The lowest BCUT2D eigenvalue weighted by molar-refractivity contribution is -0.0549. The van der Waals surface area contributed by atoms with Gasteiger partial charge in [-0.2, -0.15) is 9.97 Å². The molecule has 0 bridgehead atoms. The van der Waals surface area contributed by atoms with E-state index >= 15 is 0 Å². The topological polar surface area (TPSA) is 340 Å². The van der Waals surface area contributed by atoms with E-state index in [-0.39, 0.29) is 47.1 Å². The average Bonchev–Trinajstić information content (AvgIpc) is 3.71. The molecule has 2 fully saturated rings. The number of nitrogens with two attached hydrogens (primary N) is 2. The fraction of sp³-hybridized carbons (Fsp3) is 0.500. The van der Waals surface area contributed by atoms with Crippen LogP contribution in [0, 0.1) is 0 Å². The van der Waals surface area contributed by atoms with Crippen molar-refractivity contribution < 1.29 is 52.0 Å². The van der Waals surface area contributed by atoms with Gasteiger partial charge in [-0.1, -0.05) is 0 Å². The molecule has 1 unspecified atom stereocenters. The summed E-state index contributed by atoms with van der Waals surface area (Å²) in [6, 6.07) is 0. The summed E-state index contributed by atoms with van der Waals surface area (Å²) in [5, 5.41) is 10.6. The van der Waals surface area contributed by atoms with Gasteiger partial charge in [-0.15, -0.1) is 0 Å². The fourth-order valence-electron chi connectivity index (χ4n) is 5.02. The van der Waals surface area contributed by atoms with E-state index in [4.69, 9.17) is 30.0 Å². The summed E-state index contributed by atoms with van der Waals surface area (Å²) in [4.78, 5) is 73.7. The molecule has 45 heavy (non-hydrogen) atoms. The number of hydrogen-bond donors (Lipinski definition) is 8. The van der Waals surface area contributed by atoms with Gasteiger partial charge >= 0.3 is 15.6 Å². The number of fused-ring (bicyclic) bond motifs is 2. The van der Waals surface area contributed by atoms with Crippen molar-refractivity contribution in [3.8, 4) is 0 Å². The number of nitrogens with zero attached hydrogens (tertiary/aromatic N) is 6. The standard InChI is InChI=1S/C20H26N10O13P2/c21-19-25-15-13(17(32)27-19)23-5-29(15)11-1-7(31)9(41-11)3-40-45(37,38)43-8-2-12(42-10(8)4-39-44(34,35)36)30-6-24-14-16(30)26-20(22)28-18(14)33/h5-12,31H,1-4H2,(H,37,38)(H2,34,35,36)(H3,21,25,27,32)(H3,22,26,28,33)/t7-,8-,9+,10+,11+,12+/m0/s1. The van der Waals surface area contributed by atoms with Gasteiger partial charge in [0.2, 0.25) is 11.9 Å². The van der Waals surface area contributed by atoms with Crippen LogP contribution in [0.3, 0.4) is 0 Å². The first-order chi connectivity index (χ1) is 21.2. The molecule has 244 valence electrons. The lowest BCUT2D eigenvalue weighted by Crippen LogP contribution is -2.29. The summed E-state index contributed by atoms with van der Waals surface area (Å²) >= 11 is 0. The minimum absolute atomic E-state index is 0.00933. The third kappa shape index (κ3) is 6.55. The number of imidazole rings is 2. The molecular formula is C20H26N10O13P2. The second-order valence-corrected chi connectivity index (χ2v) is 12.7. The number of aromatic nitrogens is 8. The number of nitrogen functional groups attached to an aromatic ring is 2. The molecule has 2 aliphatic rings. The highest BCUT2D eigenvalue weighted by Crippen LogP contribution is 2.50. The van der Waals surface area contributed by atoms with Gasteiger partial charge in [0.25, 0.3) is 11.1 Å². The van der Waals surface area contributed by atoms with Crippen LogP contribution in [0.2, 0.25) is 0 Å². The minimum Gasteiger partial charge on any atom is -0.390 e. The number of aromatic amines is 2. The largest absolute Gasteiger partial charge is 0.472 e. The number of H-pyrrole nitrogens is 2. The highest BCUT2D eigenvalue weighted by Gasteiger charge is 2.44. The summed E-state index contributed by atoms with van der Waals surface area (Å²) in [7, 11) is -9.93. The lowest BCUT2D eigenvalue weighted by atomic mass is 10.2. The predicted octanol–water partition coefficient (Wildman–Crippen LogP) is -2.04. The number of aliphatic hydroxyl groups excluding tert-OH is 1. The lowest BCUT2D eigenvalue weighted by Gasteiger charge is -2.22. The van der Waals surface area contributed by atoms with Gasteiger partial charge in [0, 0.05) is 12.8 Å². The molecule has 0 saturated carbocycles. The van der Waals surface area contributed by atoms with Gasteiger partial charge in [-0.3, -0.25) is 42.3 Å². The van der Waals surface area contributed by atoms with Crippen LogP contribution in [0.5, 0.6) is 0 Å². The van der Waals surface area contributed by atoms with E-state index in [1.165, 1.54) is 21.8 Å². The van der Waals surface area contributed by atoms with Gasteiger partial charge in [0.1, 0.15) is 30.8 Å². The molecule has 23 nitrogen and oxygen atoms in total. The Morgan fingerprint density at radius 1 is 0.867 bits per heavy atom. The third-order valence-electron chi connectivity index (χ3n) is 6.98. The van der Waals surface area contributed by atoms with Crippen LogP contribution < -0.4 is 22.6 Å². The van der Waals surface area contributed by atoms with Crippen molar-refractivity contribution in [3.05, 3.63) is 33.4 Å². The monoisotopic (exact) mass is 676 g/mol. The molecule has 0 aromatic carbocycles. The molecule has 6 heterocycles. The highest BCUT2D eigenvalue weighted by atomic mass is 31.2. The summed E-state index contributed by atoms with van der Waals surface area (Å²) < 4.78 is 53.5.